The average molecular weight is 369 g/mol. The van der Waals surface area contributed by atoms with E-state index in [-0.39, 0.29) is 24.0 Å². The zero-order valence-electron chi connectivity index (χ0n) is 11.4. The van der Waals surface area contributed by atoms with Gasteiger partial charge in [0, 0.05) is 4.47 Å². The normalized spacial score (nSPS) is 17.8. The first kappa shape index (κ1) is 14.8. The van der Waals surface area contributed by atoms with Gasteiger partial charge >= 0.3 is 5.97 Å². The van der Waals surface area contributed by atoms with E-state index >= 15 is 0 Å². The summed E-state index contributed by atoms with van der Waals surface area (Å²) in [5.74, 6) is -1.42. The van der Waals surface area contributed by atoms with Crippen LogP contribution in [0.1, 0.15) is 23.2 Å². The van der Waals surface area contributed by atoms with Crippen LogP contribution in [0.2, 0.25) is 0 Å². The maximum atomic E-state index is 12.3. The Balaban J connectivity index is 1.83. The molecule has 0 radical (unpaired) electrons. The molecule has 1 aliphatic heterocycles. The van der Waals surface area contributed by atoms with Crippen molar-refractivity contribution in [1.82, 2.24) is 5.32 Å². The van der Waals surface area contributed by atoms with Crippen LogP contribution in [0.4, 0.5) is 5.69 Å². The summed E-state index contributed by atoms with van der Waals surface area (Å²) in [5.41, 5.74) is 0.735. The van der Waals surface area contributed by atoms with E-state index in [1.807, 2.05) is 0 Å². The molecule has 0 bridgehead atoms. The second-order valence-electron chi connectivity index (χ2n) is 5.29. The van der Waals surface area contributed by atoms with E-state index in [0.29, 0.717) is 15.9 Å². The third-order valence-electron chi connectivity index (χ3n) is 3.59. The van der Waals surface area contributed by atoms with Crippen molar-refractivity contribution in [3.63, 3.8) is 0 Å². The van der Waals surface area contributed by atoms with Crippen LogP contribution in [0, 0.1) is 5.92 Å². The van der Waals surface area contributed by atoms with Crippen molar-refractivity contribution in [3.8, 4) is 5.75 Å². The molecule has 1 saturated carbocycles. The van der Waals surface area contributed by atoms with Crippen LogP contribution in [0.15, 0.2) is 16.6 Å². The molecule has 1 heterocycles. The Bertz CT molecular complexity index is 671. The smallest absolute Gasteiger partial charge is 0.326 e. The van der Waals surface area contributed by atoms with Gasteiger partial charge in [-0.15, -0.1) is 0 Å². The highest BCUT2D eigenvalue weighted by atomic mass is 79.9. The lowest BCUT2D eigenvalue weighted by Crippen LogP contribution is -2.42. The molecule has 1 atom stereocenters. The average Bonchev–Trinajstić information content (AvgIpc) is 3.27. The number of benzene rings is 1. The maximum Gasteiger partial charge on any atom is 0.326 e. The Kier molecular flexibility index (Phi) is 3.78. The third-order valence-corrected chi connectivity index (χ3v) is 4.25. The van der Waals surface area contributed by atoms with Crippen LogP contribution in [0.25, 0.3) is 0 Å². The quantitative estimate of drug-likeness (QED) is 0.744. The van der Waals surface area contributed by atoms with E-state index in [0.717, 1.165) is 12.8 Å². The fourth-order valence-corrected chi connectivity index (χ4v) is 2.83. The number of halogens is 1. The number of amides is 2. The van der Waals surface area contributed by atoms with Gasteiger partial charge in [0.2, 0.25) is 0 Å². The van der Waals surface area contributed by atoms with E-state index in [4.69, 9.17) is 4.74 Å². The molecule has 0 saturated heterocycles. The summed E-state index contributed by atoms with van der Waals surface area (Å²) in [6, 6.07) is 2.17. The summed E-state index contributed by atoms with van der Waals surface area (Å²) in [4.78, 5) is 34.8. The van der Waals surface area contributed by atoms with Crippen molar-refractivity contribution < 1.29 is 24.2 Å². The number of nitrogens with one attached hydrogen (secondary N) is 2. The molecule has 1 aliphatic carbocycles. The monoisotopic (exact) mass is 368 g/mol. The molecule has 116 valence electrons. The van der Waals surface area contributed by atoms with Gasteiger partial charge in [0.15, 0.2) is 6.61 Å². The standard InChI is InChI=1S/C14H13BrN2O5/c15-8-4-9-10(22-5-11(18)16-9)3-7(8)13(19)17-12(14(20)21)6-1-2-6/h3-4,6,12H,1-2,5H2,(H,16,18)(H,17,19)(H,20,21). The lowest BCUT2D eigenvalue weighted by atomic mass is 10.1. The second-order valence-corrected chi connectivity index (χ2v) is 6.15. The molecule has 1 fully saturated rings. The van der Waals surface area contributed by atoms with E-state index in [1.165, 1.54) is 6.07 Å². The number of anilines is 1. The zero-order chi connectivity index (χ0) is 15.9. The molecule has 8 heteroatoms. The van der Waals surface area contributed by atoms with Gasteiger partial charge in [-0.1, -0.05) is 0 Å². The number of fused-ring (bicyclic) bond motifs is 1. The summed E-state index contributed by atoms with van der Waals surface area (Å²) < 4.78 is 5.72. The van der Waals surface area contributed by atoms with Crippen LogP contribution in [-0.4, -0.2) is 35.5 Å². The molecule has 22 heavy (non-hydrogen) atoms. The number of aliphatic carboxylic acids is 1. The number of ether oxygens (including phenoxy) is 1. The maximum absolute atomic E-state index is 12.3. The molecule has 3 rings (SSSR count). The minimum Gasteiger partial charge on any atom is -0.482 e. The van der Waals surface area contributed by atoms with Crippen molar-refractivity contribution in [3.05, 3.63) is 22.2 Å². The van der Waals surface area contributed by atoms with Crippen LogP contribution >= 0.6 is 15.9 Å². The van der Waals surface area contributed by atoms with Gasteiger partial charge in [-0.25, -0.2) is 4.79 Å². The number of carbonyl (C=O) groups excluding carboxylic acids is 2. The summed E-state index contributed by atoms with van der Waals surface area (Å²) in [6.45, 7) is -0.116. The predicted molar refractivity (Wildman–Crippen MR) is 79.9 cm³/mol. The molecule has 0 aromatic heterocycles. The first-order valence-corrected chi connectivity index (χ1v) is 7.55. The Hall–Kier alpha value is -2.09. The number of carbonyl (C=O) groups is 3. The minimum absolute atomic E-state index is 0.00612. The minimum atomic E-state index is -1.03. The topological polar surface area (TPSA) is 105 Å². The van der Waals surface area contributed by atoms with Gasteiger partial charge in [0.1, 0.15) is 11.8 Å². The van der Waals surface area contributed by atoms with Crippen molar-refractivity contribution in [1.29, 1.82) is 0 Å². The van der Waals surface area contributed by atoms with Gasteiger partial charge in [0.25, 0.3) is 11.8 Å². The molecular weight excluding hydrogens is 356 g/mol. The number of hydrogen-bond acceptors (Lipinski definition) is 4. The van der Waals surface area contributed by atoms with Crippen molar-refractivity contribution in [2.75, 3.05) is 11.9 Å². The van der Waals surface area contributed by atoms with Crippen LogP contribution in [0.3, 0.4) is 0 Å². The summed E-state index contributed by atoms with van der Waals surface area (Å²) in [7, 11) is 0. The van der Waals surface area contributed by atoms with E-state index in [2.05, 4.69) is 26.6 Å². The van der Waals surface area contributed by atoms with E-state index < -0.39 is 17.9 Å². The number of carboxylic acids is 1. The second kappa shape index (κ2) is 5.60. The lowest BCUT2D eigenvalue weighted by Gasteiger charge is -2.20. The first-order chi connectivity index (χ1) is 10.5. The Morgan fingerprint density at radius 1 is 1.41 bits per heavy atom. The molecule has 1 aromatic rings. The zero-order valence-corrected chi connectivity index (χ0v) is 13.0. The van der Waals surface area contributed by atoms with Gasteiger partial charge in [-0.05, 0) is 46.8 Å². The van der Waals surface area contributed by atoms with Crippen molar-refractivity contribution in [2.45, 2.75) is 18.9 Å². The van der Waals surface area contributed by atoms with Gasteiger partial charge in [-0.2, -0.15) is 0 Å². The number of hydrogen-bond donors (Lipinski definition) is 3. The van der Waals surface area contributed by atoms with Crippen molar-refractivity contribution >= 4 is 39.4 Å². The first-order valence-electron chi connectivity index (χ1n) is 6.75. The molecule has 0 spiro atoms. The van der Waals surface area contributed by atoms with Gasteiger partial charge < -0.3 is 20.5 Å². The number of carboxylic acid groups (broad SMARTS) is 1. The molecule has 2 aliphatic rings. The highest BCUT2D eigenvalue weighted by molar-refractivity contribution is 9.10. The summed E-state index contributed by atoms with van der Waals surface area (Å²) in [6.07, 6.45) is 1.61. The largest absolute Gasteiger partial charge is 0.482 e. The van der Waals surface area contributed by atoms with Crippen LogP contribution < -0.4 is 15.4 Å². The van der Waals surface area contributed by atoms with Crippen LogP contribution in [-0.2, 0) is 9.59 Å². The van der Waals surface area contributed by atoms with Crippen LogP contribution in [0.5, 0.6) is 5.75 Å². The number of rotatable bonds is 4. The van der Waals surface area contributed by atoms with E-state index in [9.17, 15) is 19.5 Å². The summed E-state index contributed by atoms with van der Waals surface area (Å²) in [5, 5.41) is 14.3. The Morgan fingerprint density at radius 3 is 2.77 bits per heavy atom. The highest BCUT2D eigenvalue weighted by Crippen LogP contribution is 2.35. The summed E-state index contributed by atoms with van der Waals surface area (Å²) >= 11 is 3.26. The molecular formula is C14H13BrN2O5. The molecule has 3 N–H and O–H groups in total. The Morgan fingerprint density at radius 2 is 2.14 bits per heavy atom. The highest BCUT2D eigenvalue weighted by Gasteiger charge is 2.37. The molecule has 7 nitrogen and oxygen atoms in total. The third kappa shape index (κ3) is 2.92. The lowest BCUT2D eigenvalue weighted by molar-refractivity contribution is -0.139. The van der Waals surface area contributed by atoms with Gasteiger partial charge in [0.05, 0.1) is 11.3 Å². The molecule has 2 amide bonds. The fraction of sp³-hybridized carbons (Fsp3) is 0.357. The SMILES string of the molecule is O=C1COc2cc(C(=O)NC(C(=O)O)C3CC3)c(Br)cc2N1. The Labute approximate surface area is 134 Å². The van der Waals surface area contributed by atoms with E-state index in [1.54, 1.807) is 6.07 Å². The van der Waals surface area contributed by atoms with Crippen molar-refractivity contribution in [2.24, 2.45) is 5.92 Å². The predicted octanol–water partition coefficient (Wildman–Crippen LogP) is 1.37. The molecule has 1 unspecified atom stereocenters. The fourth-order valence-electron chi connectivity index (χ4n) is 2.30. The molecule has 1 aromatic carbocycles. The van der Waals surface area contributed by atoms with Gasteiger partial charge in [-0.3, -0.25) is 9.59 Å².